The van der Waals surface area contributed by atoms with Gasteiger partial charge in [0.2, 0.25) is 0 Å². The van der Waals surface area contributed by atoms with E-state index < -0.39 is 12.5 Å². The molecule has 112 valence electrons. The van der Waals surface area contributed by atoms with Crippen LogP contribution in [0.5, 0.6) is 0 Å². The minimum absolute atomic E-state index is 0.408. The monoisotopic (exact) mass is 311 g/mol. The van der Waals surface area contributed by atoms with Crippen LogP contribution in [0.4, 0.5) is 0 Å². The second-order valence-electron chi connectivity index (χ2n) is 5.57. The summed E-state index contributed by atoms with van der Waals surface area (Å²) < 4.78 is 13.8. The molecule has 0 spiro atoms. The van der Waals surface area contributed by atoms with E-state index in [1.807, 2.05) is 32.0 Å². The van der Waals surface area contributed by atoms with Crippen molar-refractivity contribution in [2.24, 2.45) is 0 Å². The molecule has 0 amide bonds. The van der Waals surface area contributed by atoms with Gasteiger partial charge in [-0.3, -0.25) is 4.98 Å². The molecule has 1 aromatic heterocycles. The lowest BCUT2D eigenvalue weighted by atomic mass is 10.1. The van der Waals surface area contributed by atoms with Gasteiger partial charge in [0.15, 0.2) is 12.5 Å². The highest BCUT2D eigenvalue weighted by atomic mass is 31.2. The standard InChI is InChI=1S/C18H18NO2P/c1-14-12-18(20,17-10-6-7-11-19-17)22(21,13-15(14)2)16-8-4-3-5-9-16/h3-13,20H,1-2H3/t18-,22+/m0/s1. The van der Waals surface area contributed by atoms with Gasteiger partial charge in [-0.05, 0) is 49.0 Å². The van der Waals surface area contributed by atoms with Crippen molar-refractivity contribution >= 4 is 12.4 Å². The van der Waals surface area contributed by atoms with Crippen molar-refractivity contribution in [2.75, 3.05) is 0 Å². The lowest BCUT2D eigenvalue weighted by Gasteiger charge is -2.36. The van der Waals surface area contributed by atoms with E-state index >= 15 is 0 Å². The molecule has 0 saturated heterocycles. The lowest BCUT2D eigenvalue weighted by molar-refractivity contribution is 0.170. The molecule has 2 aromatic rings. The van der Waals surface area contributed by atoms with E-state index in [2.05, 4.69) is 4.98 Å². The first-order valence-corrected chi connectivity index (χ1v) is 8.93. The first kappa shape index (κ1) is 15.0. The van der Waals surface area contributed by atoms with E-state index in [1.165, 1.54) is 0 Å². The quantitative estimate of drug-likeness (QED) is 0.859. The molecule has 0 saturated carbocycles. The minimum Gasteiger partial charge on any atom is -0.372 e. The van der Waals surface area contributed by atoms with Crippen LogP contribution in [0.25, 0.3) is 0 Å². The Balaban J connectivity index is 2.29. The summed E-state index contributed by atoms with van der Waals surface area (Å²) >= 11 is 0. The van der Waals surface area contributed by atoms with Crippen LogP contribution in [0.1, 0.15) is 19.5 Å². The molecule has 3 nitrogen and oxygen atoms in total. The molecule has 0 unspecified atom stereocenters. The van der Waals surface area contributed by atoms with E-state index in [4.69, 9.17) is 0 Å². The predicted molar refractivity (Wildman–Crippen MR) is 89.3 cm³/mol. The zero-order chi connectivity index (χ0) is 15.8. The maximum absolute atomic E-state index is 13.8. The van der Waals surface area contributed by atoms with Crippen molar-refractivity contribution in [1.29, 1.82) is 0 Å². The fourth-order valence-corrected chi connectivity index (χ4v) is 5.69. The molecule has 22 heavy (non-hydrogen) atoms. The maximum Gasteiger partial charge on any atom is 0.185 e. The van der Waals surface area contributed by atoms with Crippen LogP contribution in [0, 0.1) is 0 Å². The fraction of sp³-hybridized carbons (Fsp3) is 0.167. The molecule has 1 N–H and O–H groups in total. The Morgan fingerprint density at radius 1 is 1.00 bits per heavy atom. The molecular weight excluding hydrogens is 293 g/mol. The first-order valence-electron chi connectivity index (χ1n) is 7.16. The van der Waals surface area contributed by atoms with Crippen molar-refractivity contribution in [3.63, 3.8) is 0 Å². The zero-order valence-electron chi connectivity index (χ0n) is 12.6. The van der Waals surface area contributed by atoms with E-state index in [0.717, 1.165) is 11.1 Å². The van der Waals surface area contributed by atoms with Gasteiger partial charge < -0.3 is 9.67 Å². The first-order chi connectivity index (χ1) is 10.5. The average Bonchev–Trinajstić information content (AvgIpc) is 2.55. The molecule has 3 rings (SSSR count). The smallest absolute Gasteiger partial charge is 0.185 e. The van der Waals surface area contributed by atoms with Crippen LogP contribution >= 0.6 is 7.14 Å². The Hall–Kier alpha value is -1.96. The summed E-state index contributed by atoms with van der Waals surface area (Å²) in [6.07, 6.45) is 3.29. The van der Waals surface area contributed by atoms with Crippen LogP contribution in [0.2, 0.25) is 0 Å². The number of allylic oxidation sites excluding steroid dienone is 2. The van der Waals surface area contributed by atoms with Crippen molar-refractivity contribution in [1.82, 2.24) is 4.98 Å². The molecule has 2 atom stereocenters. The van der Waals surface area contributed by atoms with Gasteiger partial charge in [0.25, 0.3) is 0 Å². The van der Waals surface area contributed by atoms with Gasteiger partial charge in [0.05, 0.1) is 5.69 Å². The molecule has 2 heterocycles. The van der Waals surface area contributed by atoms with Crippen molar-refractivity contribution in [3.05, 3.63) is 83.5 Å². The number of rotatable bonds is 2. The molecule has 4 heteroatoms. The van der Waals surface area contributed by atoms with E-state index in [1.54, 1.807) is 48.4 Å². The van der Waals surface area contributed by atoms with Gasteiger partial charge in [-0.15, -0.1) is 0 Å². The van der Waals surface area contributed by atoms with Crippen LogP contribution in [-0.4, -0.2) is 10.1 Å². The van der Waals surface area contributed by atoms with Crippen LogP contribution in [0.3, 0.4) is 0 Å². The zero-order valence-corrected chi connectivity index (χ0v) is 13.5. The molecule has 0 radical (unpaired) electrons. The van der Waals surface area contributed by atoms with E-state index in [0.29, 0.717) is 11.0 Å². The summed E-state index contributed by atoms with van der Waals surface area (Å²) in [4.78, 5) is 4.26. The second kappa shape index (κ2) is 5.35. The average molecular weight is 311 g/mol. The summed E-state index contributed by atoms with van der Waals surface area (Å²) in [5, 5.41) is 10.4. The molecule has 1 aromatic carbocycles. The van der Waals surface area contributed by atoms with Crippen molar-refractivity contribution in [2.45, 2.75) is 19.2 Å². The number of nitrogens with zero attached hydrogens (tertiary/aromatic N) is 1. The minimum atomic E-state index is -3.25. The number of benzene rings is 1. The Morgan fingerprint density at radius 3 is 2.32 bits per heavy atom. The molecule has 0 fully saturated rings. The lowest BCUT2D eigenvalue weighted by Crippen LogP contribution is -2.31. The normalized spacial score (nSPS) is 28.0. The fourth-order valence-electron chi connectivity index (χ4n) is 2.73. The highest BCUT2D eigenvalue weighted by molar-refractivity contribution is 7.75. The number of aliphatic hydroxyl groups is 1. The molecular formula is C18H18NO2P. The topological polar surface area (TPSA) is 50.2 Å². The third-order valence-electron chi connectivity index (χ3n) is 4.10. The SMILES string of the molecule is CC1=C[C@@](O)(c2ccccn2)[P@](=O)(c2ccccc2)C=C1C. The highest BCUT2D eigenvalue weighted by Crippen LogP contribution is 2.65. The van der Waals surface area contributed by atoms with Crippen molar-refractivity contribution in [3.8, 4) is 0 Å². The third kappa shape index (κ3) is 2.18. The van der Waals surface area contributed by atoms with Crippen molar-refractivity contribution < 1.29 is 9.67 Å². The molecule has 0 aliphatic carbocycles. The Bertz CT molecular complexity index is 796. The van der Waals surface area contributed by atoms with Gasteiger partial charge in [-0.25, -0.2) is 0 Å². The second-order valence-corrected chi connectivity index (χ2v) is 8.35. The van der Waals surface area contributed by atoms with Crippen LogP contribution in [0.15, 0.2) is 77.8 Å². The van der Waals surface area contributed by atoms with Gasteiger partial charge in [-0.2, -0.15) is 0 Å². The summed E-state index contributed by atoms with van der Waals surface area (Å²) in [5.74, 6) is 1.71. The molecule has 1 aliphatic heterocycles. The number of hydrogen-bond acceptors (Lipinski definition) is 3. The van der Waals surface area contributed by atoms with Gasteiger partial charge >= 0.3 is 0 Å². The van der Waals surface area contributed by atoms with E-state index in [-0.39, 0.29) is 0 Å². The van der Waals surface area contributed by atoms with E-state index in [9.17, 15) is 9.67 Å². The third-order valence-corrected chi connectivity index (χ3v) is 7.29. The Morgan fingerprint density at radius 2 is 1.68 bits per heavy atom. The van der Waals surface area contributed by atoms with Gasteiger partial charge in [0, 0.05) is 11.5 Å². The Labute approximate surface area is 130 Å². The summed E-state index contributed by atoms with van der Waals surface area (Å²) in [6, 6.07) is 14.4. The number of hydrogen-bond donors (Lipinski definition) is 1. The summed E-state index contributed by atoms with van der Waals surface area (Å²) in [7, 11) is -3.25. The summed E-state index contributed by atoms with van der Waals surface area (Å²) in [5.41, 5.74) is 2.24. The Kier molecular flexibility index (Phi) is 3.64. The van der Waals surface area contributed by atoms with Crippen LogP contribution in [-0.2, 0) is 9.91 Å². The molecule has 0 bridgehead atoms. The largest absolute Gasteiger partial charge is 0.372 e. The van der Waals surface area contributed by atoms with Gasteiger partial charge in [-0.1, -0.05) is 36.4 Å². The number of aromatic nitrogens is 1. The molecule has 1 aliphatic rings. The summed E-state index contributed by atoms with van der Waals surface area (Å²) in [6.45, 7) is 3.83. The maximum atomic E-state index is 13.8. The van der Waals surface area contributed by atoms with Gasteiger partial charge in [0.1, 0.15) is 0 Å². The number of pyridine rings is 1. The predicted octanol–water partition coefficient (Wildman–Crippen LogP) is 3.78. The van der Waals surface area contributed by atoms with Crippen LogP contribution < -0.4 is 5.30 Å². The highest BCUT2D eigenvalue weighted by Gasteiger charge is 2.49.